The number of aromatic nitrogens is 2. The van der Waals surface area contributed by atoms with Crippen LogP contribution < -0.4 is 9.44 Å². The molecule has 1 unspecified atom stereocenters. The number of amides is 1. The van der Waals surface area contributed by atoms with Gasteiger partial charge in [-0.15, -0.1) is 0 Å². The number of H-pyrrole nitrogens is 1. The maximum absolute atomic E-state index is 13.6. The molecule has 4 aromatic rings. The summed E-state index contributed by atoms with van der Waals surface area (Å²) in [6, 6.07) is 11.9. The van der Waals surface area contributed by atoms with Gasteiger partial charge in [-0.05, 0) is 30.2 Å². The number of aromatic amines is 1. The molecule has 0 aliphatic carbocycles. The lowest BCUT2D eigenvalue weighted by Crippen LogP contribution is -2.31. The van der Waals surface area contributed by atoms with Crippen molar-refractivity contribution in [3.05, 3.63) is 106 Å². The van der Waals surface area contributed by atoms with Gasteiger partial charge in [0.05, 0.1) is 40.7 Å². The molecule has 1 aliphatic heterocycles. The molecule has 50 heavy (non-hydrogen) atoms. The molecule has 13 nitrogen and oxygen atoms in total. The van der Waals surface area contributed by atoms with Gasteiger partial charge in [-0.3, -0.25) is 9.52 Å². The fourth-order valence-corrected chi connectivity index (χ4v) is 7.41. The monoisotopic (exact) mass is 742 g/mol. The predicted octanol–water partition coefficient (Wildman–Crippen LogP) is 5.47. The van der Waals surface area contributed by atoms with Crippen molar-refractivity contribution in [2.24, 2.45) is 0 Å². The van der Waals surface area contributed by atoms with Gasteiger partial charge in [0.2, 0.25) is 26.0 Å². The number of alkyl halides is 6. The Morgan fingerprint density at radius 1 is 1.02 bits per heavy atom. The summed E-state index contributed by atoms with van der Waals surface area (Å²) >= 11 is 0. The molecular weight excluding hydrogens is 722 g/mol. The van der Waals surface area contributed by atoms with E-state index in [1.54, 1.807) is 24.3 Å². The second-order valence-corrected chi connectivity index (χ2v) is 14.0. The number of carboxylic acids is 1. The first kappa shape index (κ1) is 37.3. The SMILES string of the molecule is O=C(O)C(F)(F)F.[C-]#[N+]c1cc(C[C@H](NS(=O)(=O)c2ccc([N+]#[C-])c(C(F)(F)F)c2)c2nc3ccccc3[nH]2)ccc1C1CC(=O)NS1(=O)=O. The average molecular weight is 743 g/mol. The van der Waals surface area contributed by atoms with Crippen molar-refractivity contribution in [1.82, 2.24) is 19.4 Å². The first-order chi connectivity index (χ1) is 23.2. The van der Waals surface area contributed by atoms with Crippen LogP contribution in [0.2, 0.25) is 0 Å². The third-order valence-corrected chi connectivity index (χ3v) is 10.1. The zero-order valence-electron chi connectivity index (χ0n) is 24.7. The van der Waals surface area contributed by atoms with Crippen molar-refractivity contribution in [1.29, 1.82) is 0 Å². The number of carbonyl (C=O) groups is 2. The number of sulfonamides is 2. The number of hydrogen-bond acceptors (Lipinski definition) is 7. The van der Waals surface area contributed by atoms with Crippen LogP contribution in [0.25, 0.3) is 20.7 Å². The molecule has 3 aromatic carbocycles. The number of nitrogens with zero attached hydrogens (tertiary/aromatic N) is 3. The van der Waals surface area contributed by atoms with E-state index in [0.717, 1.165) is 12.1 Å². The van der Waals surface area contributed by atoms with Crippen LogP contribution in [-0.2, 0) is 42.2 Å². The fourth-order valence-electron chi connectivity index (χ4n) is 4.74. The minimum absolute atomic E-state index is 0.0710. The van der Waals surface area contributed by atoms with E-state index in [9.17, 15) is 48.0 Å². The van der Waals surface area contributed by atoms with Gasteiger partial charge in [-0.2, -0.15) is 26.3 Å². The number of nitrogens with one attached hydrogen (secondary N) is 3. The Morgan fingerprint density at radius 3 is 2.20 bits per heavy atom. The summed E-state index contributed by atoms with van der Waals surface area (Å²) in [5.41, 5.74) is -0.717. The number of rotatable bonds is 7. The molecule has 2 heterocycles. The average Bonchev–Trinajstić information content (AvgIpc) is 3.58. The summed E-state index contributed by atoms with van der Waals surface area (Å²) in [7, 11) is -8.67. The number of halogens is 6. The quantitative estimate of drug-likeness (QED) is 0.142. The van der Waals surface area contributed by atoms with Gasteiger partial charge in [-0.25, -0.2) is 41.0 Å². The van der Waals surface area contributed by atoms with E-state index in [1.807, 2.05) is 4.72 Å². The highest BCUT2D eigenvalue weighted by Gasteiger charge is 2.40. The largest absolute Gasteiger partial charge is 0.490 e. The molecule has 0 saturated carbocycles. The number of fused-ring (bicyclic) bond motifs is 1. The topological polar surface area (TPSA) is 184 Å². The normalized spacial score (nSPS) is 16.4. The molecule has 0 spiro atoms. The van der Waals surface area contributed by atoms with Crippen LogP contribution in [0.15, 0.2) is 65.6 Å². The minimum atomic E-state index is -5.08. The summed E-state index contributed by atoms with van der Waals surface area (Å²) in [5.74, 6) is -3.34. The first-order valence-electron chi connectivity index (χ1n) is 13.6. The van der Waals surface area contributed by atoms with Gasteiger partial charge in [-0.1, -0.05) is 48.0 Å². The maximum Gasteiger partial charge on any atom is 0.490 e. The van der Waals surface area contributed by atoms with Crippen LogP contribution in [0.4, 0.5) is 37.7 Å². The zero-order valence-corrected chi connectivity index (χ0v) is 26.3. The number of para-hydroxylation sites is 2. The van der Waals surface area contributed by atoms with E-state index in [2.05, 4.69) is 24.4 Å². The molecular formula is C29H20F6N6O7S2. The third kappa shape index (κ3) is 8.37. The number of carbonyl (C=O) groups excluding carboxylic acids is 1. The Kier molecular flexibility index (Phi) is 10.3. The first-order valence-corrected chi connectivity index (χ1v) is 16.6. The van der Waals surface area contributed by atoms with E-state index in [4.69, 9.17) is 23.0 Å². The van der Waals surface area contributed by atoms with Crippen molar-refractivity contribution >= 4 is 54.3 Å². The maximum atomic E-state index is 13.6. The Morgan fingerprint density at radius 2 is 1.66 bits per heavy atom. The van der Waals surface area contributed by atoms with Crippen LogP contribution in [0.1, 0.15) is 40.2 Å². The Bertz CT molecular complexity index is 2260. The lowest BCUT2D eigenvalue weighted by Gasteiger charge is -2.19. The number of carboxylic acid groups (broad SMARTS) is 1. The van der Waals surface area contributed by atoms with Crippen molar-refractivity contribution in [2.45, 2.75) is 41.4 Å². The molecule has 0 radical (unpaired) electrons. The van der Waals surface area contributed by atoms with Crippen molar-refractivity contribution < 1.29 is 57.9 Å². The molecule has 1 amide bonds. The minimum Gasteiger partial charge on any atom is -0.475 e. The standard InChI is InChI=1S/C27H19F3N6O5S2.C2HF3O2/c1-31-19-10-8-16(13-18(19)27(28,29)30)42(38,39)35-23(26-33-20-5-3-4-6-21(20)34-26)12-15-7-9-17(22(11-15)32-2)24-14-25(37)36-43(24,40)41;3-2(4,5)1(6)7/h3-11,13,23-24,35H,12,14H2,(H,33,34)(H,36,37);(H,6,7)/t23-,24?;/m0./s1. The molecule has 1 saturated heterocycles. The fraction of sp³-hybridized carbons (Fsp3) is 0.207. The van der Waals surface area contributed by atoms with Gasteiger partial charge in [0, 0.05) is 6.42 Å². The molecule has 1 aromatic heterocycles. The summed E-state index contributed by atoms with van der Waals surface area (Å²) in [4.78, 5) is 33.6. The summed E-state index contributed by atoms with van der Waals surface area (Å²) in [5, 5.41) is 5.85. The second kappa shape index (κ2) is 13.8. The Labute approximate surface area is 278 Å². The van der Waals surface area contributed by atoms with Crippen LogP contribution >= 0.6 is 0 Å². The summed E-state index contributed by atoms with van der Waals surface area (Å²) in [6.07, 6.45) is -10.6. The molecule has 21 heteroatoms. The van der Waals surface area contributed by atoms with Gasteiger partial charge in [0.25, 0.3) is 0 Å². The van der Waals surface area contributed by atoms with Crippen LogP contribution in [0.3, 0.4) is 0 Å². The van der Waals surface area contributed by atoms with E-state index in [0.29, 0.717) is 22.7 Å². The molecule has 262 valence electrons. The molecule has 1 aliphatic rings. The van der Waals surface area contributed by atoms with Gasteiger partial charge in [0.15, 0.2) is 11.4 Å². The lowest BCUT2D eigenvalue weighted by molar-refractivity contribution is -0.192. The van der Waals surface area contributed by atoms with Crippen molar-refractivity contribution in [3.63, 3.8) is 0 Å². The highest BCUT2D eigenvalue weighted by Crippen LogP contribution is 2.39. The van der Waals surface area contributed by atoms with Crippen molar-refractivity contribution in [3.8, 4) is 0 Å². The smallest absolute Gasteiger partial charge is 0.475 e. The lowest BCUT2D eigenvalue weighted by atomic mass is 10.00. The van der Waals surface area contributed by atoms with E-state index < -0.39 is 71.7 Å². The van der Waals surface area contributed by atoms with Gasteiger partial charge >= 0.3 is 18.3 Å². The molecule has 5 rings (SSSR count). The highest BCUT2D eigenvalue weighted by atomic mass is 32.2. The summed E-state index contributed by atoms with van der Waals surface area (Å²) in [6.45, 7) is 14.6. The predicted molar refractivity (Wildman–Crippen MR) is 161 cm³/mol. The van der Waals surface area contributed by atoms with E-state index in [1.165, 1.54) is 18.2 Å². The van der Waals surface area contributed by atoms with Crippen LogP contribution in [-0.4, -0.2) is 50.0 Å². The third-order valence-electron chi connectivity index (χ3n) is 6.99. The Hall–Kier alpha value is -5.51. The number of aliphatic carboxylic acids is 1. The summed E-state index contributed by atoms with van der Waals surface area (Å²) < 4.78 is 128. The molecule has 2 atom stereocenters. The van der Waals surface area contributed by atoms with E-state index >= 15 is 0 Å². The number of benzene rings is 3. The molecule has 1 fully saturated rings. The van der Waals surface area contributed by atoms with E-state index in [-0.39, 0.29) is 29.9 Å². The van der Waals surface area contributed by atoms with Crippen LogP contribution in [0, 0.1) is 13.1 Å². The number of imidazole rings is 1. The second-order valence-electron chi connectivity index (χ2n) is 10.4. The zero-order chi connectivity index (χ0) is 37.2. The van der Waals surface area contributed by atoms with Crippen LogP contribution in [0.5, 0.6) is 0 Å². The van der Waals surface area contributed by atoms with Gasteiger partial charge < -0.3 is 10.1 Å². The van der Waals surface area contributed by atoms with Crippen molar-refractivity contribution in [2.75, 3.05) is 0 Å². The molecule has 0 bridgehead atoms. The number of hydrogen-bond donors (Lipinski definition) is 4. The highest BCUT2D eigenvalue weighted by molar-refractivity contribution is 7.90. The Balaban J connectivity index is 0.000000727. The molecule has 4 N–H and O–H groups in total. The van der Waals surface area contributed by atoms with Gasteiger partial charge in [0.1, 0.15) is 11.1 Å².